The Bertz CT molecular complexity index is 945. The van der Waals surface area contributed by atoms with Crippen LogP contribution in [-0.4, -0.2) is 20.3 Å². The summed E-state index contributed by atoms with van der Waals surface area (Å²) in [5, 5.41) is 20.9. The van der Waals surface area contributed by atoms with Crippen molar-refractivity contribution < 1.29 is 14.8 Å². The molecule has 9 heteroatoms. The lowest BCUT2D eigenvalue weighted by Crippen LogP contribution is -2.26. The molecule has 126 valence electrons. The smallest absolute Gasteiger partial charge is 0.296 e. The molecule has 1 heterocycles. The van der Waals surface area contributed by atoms with Gasteiger partial charge < -0.3 is 5.11 Å². The summed E-state index contributed by atoms with van der Waals surface area (Å²) in [7, 11) is 0. The fourth-order valence-corrected chi connectivity index (χ4v) is 3.67. The predicted octanol–water partition coefficient (Wildman–Crippen LogP) is 5.00. The molecule has 0 saturated carbocycles. The van der Waals surface area contributed by atoms with Crippen LogP contribution in [0.1, 0.15) is 5.56 Å². The summed E-state index contributed by atoms with van der Waals surface area (Å²) in [6.07, 6.45) is 1.46. The second kappa shape index (κ2) is 6.83. The van der Waals surface area contributed by atoms with E-state index in [2.05, 4.69) is 0 Å². The summed E-state index contributed by atoms with van der Waals surface area (Å²) >= 11 is 12.2. The molecule has 0 unspecified atom stereocenters. The van der Waals surface area contributed by atoms with Gasteiger partial charge in [-0.1, -0.05) is 29.9 Å². The molecule has 6 nitrogen and oxygen atoms in total. The van der Waals surface area contributed by atoms with Gasteiger partial charge in [0.15, 0.2) is 0 Å². The van der Waals surface area contributed by atoms with Crippen molar-refractivity contribution in [2.24, 2.45) is 0 Å². The Morgan fingerprint density at radius 2 is 2.04 bits per heavy atom. The van der Waals surface area contributed by atoms with E-state index in [0.717, 1.165) is 11.8 Å². The van der Waals surface area contributed by atoms with Crippen LogP contribution in [0.25, 0.3) is 6.08 Å². The third kappa shape index (κ3) is 3.51. The first-order chi connectivity index (χ1) is 11.9. The van der Waals surface area contributed by atoms with Crippen LogP contribution in [-0.2, 0) is 0 Å². The van der Waals surface area contributed by atoms with Gasteiger partial charge >= 0.3 is 0 Å². The average molecular weight is 393 g/mol. The van der Waals surface area contributed by atoms with Crippen LogP contribution in [0, 0.1) is 10.1 Å². The van der Waals surface area contributed by atoms with E-state index in [0.29, 0.717) is 15.6 Å². The number of phenols is 1. The van der Waals surface area contributed by atoms with Crippen molar-refractivity contribution in [3.8, 4) is 5.75 Å². The van der Waals surface area contributed by atoms with Gasteiger partial charge in [0.1, 0.15) is 10.7 Å². The van der Waals surface area contributed by atoms with Gasteiger partial charge in [0.25, 0.3) is 10.9 Å². The molecule has 2 aromatic carbocycles. The van der Waals surface area contributed by atoms with Crippen molar-refractivity contribution in [2.75, 3.05) is 4.90 Å². The quantitative estimate of drug-likeness (QED) is 0.342. The molecule has 1 aliphatic rings. The molecule has 0 radical (unpaired) electrons. The summed E-state index contributed by atoms with van der Waals surface area (Å²) < 4.78 is 0. The standard InChI is InChI=1S/C16H9ClN2O4S2/c17-10-2-1-3-11(8-10)18-15(24)14(25-16(18)21)7-9-6-12(19(22)23)4-5-13(9)20/h1-8,20H. The van der Waals surface area contributed by atoms with Crippen molar-refractivity contribution >= 4 is 63.3 Å². The second-order valence-corrected chi connectivity index (χ2v) is 6.81. The maximum absolute atomic E-state index is 12.3. The summed E-state index contributed by atoms with van der Waals surface area (Å²) in [4.78, 5) is 24.6. The average Bonchev–Trinajstić information content (AvgIpc) is 2.83. The number of aromatic hydroxyl groups is 1. The Morgan fingerprint density at radius 3 is 2.72 bits per heavy atom. The highest BCUT2D eigenvalue weighted by Crippen LogP contribution is 2.38. The fourth-order valence-electron chi connectivity index (χ4n) is 2.22. The van der Waals surface area contributed by atoms with Crippen molar-refractivity contribution in [1.82, 2.24) is 0 Å². The highest BCUT2D eigenvalue weighted by molar-refractivity contribution is 8.20. The highest BCUT2D eigenvalue weighted by atomic mass is 35.5. The highest BCUT2D eigenvalue weighted by Gasteiger charge is 2.33. The Morgan fingerprint density at radius 1 is 1.28 bits per heavy atom. The maximum Gasteiger partial charge on any atom is 0.296 e. The van der Waals surface area contributed by atoms with E-state index in [1.807, 2.05) is 0 Å². The first-order valence-corrected chi connectivity index (χ1v) is 8.48. The molecule has 1 saturated heterocycles. The number of non-ortho nitro benzene ring substituents is 1. The fraction of sp³-hybridized carbons (Fsp3) is 0. The first kappa shape index (κ1) is 17.4. The number of amides is 1. The minimum absolute atomic E-state index is 0.143. The Hall–Kier alpha value is -2.42. The molecular formula is C16H9ClN2O4S2. The normalized spacial score (nSPS) is 15.9. The third-order valence-corrected chi connectivity index (χ3v) is 5.02. The van der Waals surface area contributed by atoms with Crippen molar-refractivity contribution in [2.45, 2.75) is 0 Å². The SMILES string of the molecule is O=C1SC(=Cc2cc([N+](=O)[O-])ccc2O)C(=S)N1c1cccc(Cl)c1. The van der Waals surface area contributed by atoms with E-state index in [1.165, 1.54) is 29.2 Å². The number of anilines is 1. The zero-order valence-electron chi connectivity index (χ0n) is 12.4. The lowest BCUT2D eigenvalue weighted by atomic mass is 10.1. The zero-order valence-corrected chi connectivity index (χ0v) is 14.8. The molecule has 2 aromatic rings. The van der Waals surface area contributed by atoms with Gasteiger partial charge in [-0.3, -0.25) is 19.8 Å². The molecule has 1 aliphatic heterocycles. The largest absolute Gasteiger partial charge is 0.507 e. The third-order valence-electron chi connectivity index (χ3n) is 3.37. The minimum Gasteiger partial charge on any atom is -0.507 e. The van der Waals surface area contributed by atoms with Crippen LogP contribution in [0.3, 0.4) is 0 Å². The molecule has 0 atom stereocenters. The van der Waals surface area contributed by atoms with Gasteiger partial charge in [-0.25, -0.2) is 0 Å². The van der Waals surface area contributed by atoms with Gasteiger partial charge in [-0.05, 0) is 42.1 Å². The molecule has 0 spiro atoms. The van der Waals surface area contributed by atoms with Crippen LogP contribution in [0.4, 0.5) is 16.2 Å². The number of nitro benzene ring substituents is 1. The number of thiocarbonyl (C=S) groups is 1. The van der Waals surface area contributed by atoms with E-state index < -0.39 is 4.92 Å². The predicted molar refractivity (Wildman–Crippen MR) is 102 cm³/mol. The van der Waals surface area contributed by atoms with Gasteiger partial charge in [-0.2, -0.15) is 0 Å². The number of phenolic OH excluding ortho intramolecular Hbond substituents is 1. The van der Waals surface area contributed by atoms with Crippen LogP contribution in [0.2, 0.25) is 5.02 Å². The second-order valence-electron chi connectivity index (χ2n) is 5.00. The number of carbonyl (C=O) groups is 1. The lowest BCUT2D eigenvalue weighted by Gasteiger charge is -2.14. The van der Waals surface area contributed by atoms with Gasteiger partial charge in [0.05, 0.1) is 15.5 Å². The van der Waals surface area contributed by atoms with E-state index in [-0.39, 0.29) is 27.2 Å². The van der Waals surface area contributed by atoms with E-state index in [4.69, 9.17) is 23.8 Å². The van der Waals surface area contributed by atoms with Crippen LogP contribution < -0.4 is 4.90 Å². The molecule has 0 bridgehead atoms. The van der Waals surface area contributed by atoms with Crippen molar-refractivity contribution in [3.63, 3.8) is 0 Å². The maximum atomic E-state index is 12.3. The molecule has 0 aliphatic carbocycles. The summed E-state index contributed by atoms with van der Waals surface area (Å²) in [5.74, 6) is -0.143. The van der Waals surface area contributed by atoms with E-state index >= 15 is 0 Å². The number of rotatable bonds is 3. The Balaban J connectivity index is 1.99. The monoisotopic (exact) mass is 392 g/mol. The van der Waals surface area contributed by atoms with Gasteiger partial charge in [0, 0.05) is 22.7 Å². The van der Waals surface area contributed by atoms with Gasteiger partial charge in [0.2, 0.25) is 0 Å². The van der Waals surface area contributed by atoms with E-state index in [1.54, 1.807) is 24.3 Å². The molecule has 3 rings (SSSR count). The van der Waals surface area contributed by atoms with Crippen LogP contribution >= 0.6 is 35.6 Å². The molecule has 25 heavy (non-hydrogen) atoms. The molecule has 1 fully saturated rings. The minimum atomic E-state index is -0.564. The zero-order chi connectivity index (χ0) is 18.1. The number of nitro groups is 1. The van der Waals surface area contributed by atoms with Crippen LogP contribution in [0.15, 0.2) is 47.4 Å². The number of nitrogens with zero attached hydrogens (tertiary/aromatic N) is 2. The molecule has 1 amide bonds. The number of thioether (sulfide) groups is 1. The number of halogens is 1. The summed E-state index contributed by atoms with van der Waals surface area (Å²) in [6, 6.07) is 10.3. The van der Waals surface area contributed by atoms with Gasteiger partial charge in [-0.15, -0.1) is 0 Å². The Kier molecular flexibility index (Phi) is 4.76. The molecular weight excluding hydrogens is 384 g/mol. The number of carbonyl (C=O) groups excluding carboxylic acids is 1. The summed E-state index contributed by atoms with van der Waals surface area (Å²) in [6.45, 7) is 0. The Labute approximate surface area is 156 Å². The number of benzene rings is 2. The first-order valence-electron chi connectivity index (χ1n) is 6.88. The number of hydrogen-bond donors (Lipinski definition) is 1. The summed E-state index contributed by atoms with van der Waals surface area (Å²) in [5.41, 5.74) is 0.568. The van der Waals surface area contributed by atoms with Crippen molar-refractivity contribution in [1.29, 1.82) is 0 Å². The lowest BCUT2D eigenvalue weighted by molar-refractivity contribution is -0.384. The molecule has 1 N–H and O–H groups in total. The number of hydrogen-bond acceptors (Lipinski definition) is 6. The topological polar surface area (TPSA) is 83.7 Å². The van der Waals surface area contributed by atoms with E-state index in [9.17, 15) is 20.0 Å². The molecule has 0 aromatic heterocycles. The van der Waals surface area contributed by atoms with Crippen LogP contribution in [0.5, 0.6) is 5.75 Å². The van der Waals surface area contributed by atoms with Crippen molar-refractivity contribution in [3.05, 3.63) is 68.1 Å².